The van der Waals surface area contributed by atoms with E-state index in [4.69, 9.17) is 5.11 Å². The molecule has 5 heteroatoms. The van der Waals surface area contributed by atoms with Gasteiger partial charge >= 0.3 is 12.0 Å². The van der Waals surface area contributed by atoms with Gasteiger partial charge in [0.1, 0.15) is 6.54 Å². The minimum Gasteiger partial charge on any atom is -0.480 e. The van der Waals surface area contributed by atoms with Crippen molar-refractivity contribution in [3.05, 3.63) is 0 Å². The first-order valence-electron chi connectivity index (χ1n) is 7.73. The van der Waals surface area contributed by atoms with Gasteiger partial charge in [0.15, 0.2) is 0 Å². The minimum absolute atomic E-state index is 0.189. The predicted molar refractivity (Wildman–Crippen MR) is 76.4 cm³/mol. The summed E-state index contributed by atoms with van der Waals surface area (Å²) in [5.41, 5.74) is 0. The molecule has 0 aliphatic heterocycles. The maximum absolute atomic E-state index is 12.3. The summed E-state index contributed by atoms with van der Waals surface area (Å²) < 4.78 is 0. The molecule has 2 aliphatic rings. The van der Waals surface area contributed by atoms with Gasteiger partial charge in [-0.15, -0.1) is 0 Å². The van der Waals surface area contributed by atoms with Gasteiger partial charge in [0.05, 0.1) is 0 Å². The maximum atomic E-state index is 12.3. The summed E-state index contributed by atoms with van der Waals surface area (Å²) in [5.74, 6) is 0.755. The number of carboxylic acid groups (broad SMARTS) is 1. The van der Waals surface area contributed by atoms with E-state index in [0.29, 0.717) is 18.4 Å². The number of carbonyl (C=O) groups is 2. The third-order valence-electron chi connectivity index (χ3n) is 4.53. The molecule has 0 aromatic carbocycles. The average Bonchev–Trinajstić information content (AvgIpc) is 3.15. The van der Waals surface area contributed by atoms with Gasteiger partial charge in [-0.25, -0.2) is 4.79 Å². The second-order valence-corrected chi connectivity index (χ2v) is 6.67. The van der Waals surface area contributed by atoms with Crippen LogP contribution >= 0.6 is 0 Å². The quantitative estimate of drug-likeness (QED) is 0.813. The Morgan fingerprint density at radius 3 is 2.45 bits per heavy atom. The lowest BCUT2D eigenvalue weighted by atomic mass is 9.80. The summed E-state index contributed by atoms with van der Waals surface area (Å²) in [7, 11) is 0. The Balaban J connectivity index is 1.87. The van der Waals surface area contributed by atoms with Crippen LogP contribution in [0.5, 0.6) is 0 Å². The Labute approximate surface area is 120 Å². The molecule has 2 amide bonds. The molecular formula is C15H26N2O3. The van der Waals surface area contributed by atoms with Crippen molar-refractivity contribution in [1.29, 1.82) is 0 Å². The van der Waals surface area contributed by atoms with Crippen LogP contribution in [0.3, 0.4) is 0 Å². The molecule has 0 saturated heterocycles. The molecule has 0 aromatic heterocycles. The zero-order valence-corrected chi connectivity index (χ0v) is 12.5. The molecule has 5 nitrogen and oxygen atoms in total. The van der Waals surface area contributed by atoms with Crippen LogP contribution in [0.15, 0.2) is 0 Å². The lowest BCUT2D eigenvalue weighted by molar-refractivity contribution is -0.137. The minimum atomic E-state index is -0.939. The number of nitrogens with one attached hydrogen (secondary N) is 1. The van der Waals surface area contributed by atoms with E-state index < -0.39 is 5.97 Å². The van der Waals surface area contributed by atoms with Crippen molar-refractivity contribution in [1.82, 2.24) is 10.2 Å². The van der Waals surface area contributed by atoms with Crippen LogP contribution < -0.4 is 5.32 Å². The highest BCUT2D eigenvalue weighted by atomic mass is 16.4. The van der Waals surface area contributed by atoms with E-state index in [-0.39, 0.29) is 18.6 Å². The van der Waals surface area contributed by atoms with Crippen LogP contribution in [0.2, 0.25) is 0 Å². The number of carbonyl (C=O) groups excluding carboxylic acids is 1. The summed E-state index contributed by atoms with van der Waals surface area (Å²) >= 11 is 0. The molecule has 2 N–H and O–H groups in total. The third-order valence-corrected chi connectivity index (χ3v) is 4.53. The second kappa shape index (κ2) is 6.46. The van der Waals surface area contributed by atoms with E-state index in [0.717, 1.165) is 38.0 Å². The number of nitrogens with zero attached hydrogens (tertiary/aromatic N) is 1. The SMILES string of the molecule is CC1CCC(NC(=O)N(CC(=O)O)CC2CC2)C(C)C1. The molecule has 0 radical (unpaired) electrons. The third kappa shape index (κ3) is 4.39. The van der Waals surface area contributed by atoms with Crippen LogP contribution in [0.25, 0.3) is 0 Å². The van der Waals surface area contributed by atoms with Gasteiger partial charge < -0.3 is 15.3 Å². The molecule has 114 valence electrons. The standard InChI is InChI=1S/C15H26N2O3/c1-10-3-6-13(11(2)7-10)16-15(20)17(9-14(18)19)8-12-4-5-12/h10-13H,3-9H2,1-2H3,(H,16,20)(H,18,19). The fraction of sp³-hybridized carbons (Fsp3) is 0.867. The van der Waals surface area contributed by atoms with E-state index in [1.165, 1.54) is 4.90 Å². The van der Waals surface area contributed by atoms with E-state index >= 15 is 0 Å². The number of urea groups is 1. The molecule has 2 rings (SSSR count). The fourth-order valence-electron chi connectivity index (χ4n) is 3.12. The molecular weight excluding hydrogens is 256 g/mol. The highest BCUT2D eigenvalue weighted by molar-refractivity contribution is 5.80. The first-order valence-corrected chi connectivity index (χ1v) is 7.73. The van der Waals surface area contributed by atoms with Crippen molar-refractivity contribution in [2.24, 2.45) is 17.8 Å². The number of aliphatic carboxylic acids is 1. The van der Waals surface area contributed by atoms with Crippen molar-refractivity contribution in [2.75, 3.05) is 13.1 Å². The number of hydrogen-bond acceptors (Lipinski definition) is 2. The summed E-state index contributed by atoms with van der Waals surface area (Å²) in [6.45, 7) is 4.80. The normalized spacial score (nSPS) is 29.8. The largest absolute Gasteiger partial charge is 0.480 e. The zero-order valence-electron chi connectivity index (χ0n) is 12.5. The first-order chi connectivity index (χ1) is 9.45. The highest BCUT2D eigenvalue weighted by Gasteiger charge is 2.31. The second-order valence-electron chi connectivity index (χ2n) is 6.67. The summed E-state index contributed by atoms with van der Waals surface area (Å²) in [4.78, 5) is 24.6. The molecule has 2 fully saturated rings. The van der Waals surface area contributed by atoms with E-state index in [9.17, 15) is 9.59 Å². The van der Waals surface area contributed by atoms with Gasteiger partial charge in [0, 0.05) is 12.6 Å². The molecule has 20 heavy (non-hydrogen) atoms. The Morgan fingerprint density at radius 2 is 1.90 bits per heavy atom. The molecule has 3 unspecified atom stereocenters. The van der Waals surface area contributed by atoms with Crippen LogP contribution in [0, 0.1) is 17.8 Å². The molecule has 3 atom stereocenters. The van der Waals surface area contributed by atoms with E-state index in [2.05, 4.69) is 19.2 Å². The van der Waals surface area contributed by atoms with Crippen molar-refractivity contribution < 1.29 is 14.7 Å². The van der Waals surface area contributed by atoms with E-state index in [1.54, 1.807) is 0 Å². The average molecular weight is 282 g/mol. The Bertz CT molecular complexity index is 368. The molecule has 0 aromatic rings. The van der Waals surface area contributed by atoms with Gasteiger partial charge in [-0.2, -0.15) is 0 Å². The van der Waals surface area contributed by atoms with Gasteiger partial charge in [-0.3, -0.25) is 4.79 Å². The molecule has 0 bridgehead atoms. The van der Waals surface area contributed by atoms with Gasteiger partial charge in [-0.05, 0) is 49.9 Å². The Kier molecular flexibility index (Phi) is 4.89. The summed E-state index contributed by atoms with van der Waals surface area (Å²) in [6, 6.07) is -0.0140. The van der Waals surface area contributed by atoms with Gasteiger partial charge in [-0.1, -0.05) is 13.8 Å². The van der Waals surface area contributed by atoms with E-state index in [1.807, 2.05) is 0 Å². The molecule has 2 saturated carbocycles. The fourth-order valence-corrected chi connectivity index (χ4v) is 3.12. The number of amides is 2. The van der Waals surface area contributed by atoms with Crippen molar-refractivity contribution in [3.63, 3.8) is 0 Å². The molecule has 0 spiro atoms. The van der Waals surface area contributed by atoms with Crippen LogP contribution in [-0.4, -0.2) is 41.1 Å². The van der Waals surface area contributed by atoms with Crippen LogP contribution in [0.1, 0.15) is 46.0 Å². The van der Waals surface area contributed by atoms with Crippen LogP contribution in [-0.2, 0) is 4.79 Å². The lowest BCUT2D eigenvalue weighted by Gasteiger charge is -2.34. The highest BCUT2D eigenvalue weighted by Crippen LogP contribution is 2.31. The summed E-state index contributed by atoms with van der Waals surface area (Å²) in [6.07, 6.45) is 5.49. The Morgan fingerprint density at radius 1 is 1.20 bits per heavy atom. The van der Waals surface area contributed by atoms with Gasteiger partial charge in [0.2, 0.25) is 0 Å². The number of carboxylic acids is 1. The van der Waals surface area contributed by atoms with Crippen molar-refractivity contribution in [2.45, 2.75) is 52.0 Å². The smallest absolute Gasteiger partial charge is 0.323 e. The Hall–Kier alpha value is -1.26. The van der Waals surface area contributed by atoms with Gasteiger partial charge in [0.25, 0.3) is 0 Å². The maximum Gasteiger partial charge on any atom is 0.323 e. The topological polar surface area (TPSA) is 69.6 Å². The number of hydrogen-bond donors (Lipinski definition) is 2. The molecule has 2 aliphatic carbocycles. The van der Waals surface area contributed by atoms with Crippen molar-refractivity contribution in [3.8, 4) is 0 Å². The van der Waals surface area contributed by atoms with Crippen LogP contribution in [0.4, 0.5) is 4.79 Å². The number of rotatable bonds is 5. The molecule has 0 heterocycles. The monoisotopic (exact) mass is 282 g/mol. The zero-order chi connectivity index (χ0) is 14.7. The van der Waals surface area contributed by atoms with Crippen molar-refractivity contribution >= 4 is 12.0 Å². The first kappa shape index (κ1) is 15.1. The summed E-state index contributed by atoms with van der Waals surface area (Å²) in [5, 5.41) is 12.0. The predicted octanol–water partition coefficient (Wildman–Crippen LogP) is 2.32. The lowest BCUT2D eigenvalue weighted by Crippen LogP contribution is -2.50.